The van der Waals surface area contributed by atoms with Crippen LogP contribution in [0.5, 0.6) is 0 Å². The minimum Gasteiger partial charge on any atom is -0.480 e. The fourth-order valence-electron chi connectivity index (χ4n) is 4.36. The molecule has 1 aromatic rings. The molecular formula is C20H28ClN3O3. The number of carbonyl (C=O) groups is 2. The summed E-state index contributed by atoms with van der Waals surface area (Å²) in [6, 6.07) is 7.07. The highest BCUT2D eigenvalue weighted by atomic mass is 35.5. The number of carboxylic acid groups (broad SMARTS) is 1. The number of rotatable bonds is 3. The van der Waals surface area contributed by atoms with Crippen molar-refractivity contribution in [3.05, 3.63) is 34.9 Å². The van der Waals surface area contributed by atoms with E-state index in [9.17, 15) is 14.7 Å². The van der Waals surface area contributed by atoms with Crippen molar-refractivity contribution in [2.45, 2.75) is 31.3 Å². The number of amides is 1. The van der Waals surface area contributed by atoms with Gasteiger partial charge < -0.3 is 14.9 Å². The summed E-state index contributed by atoms with van der Waals surface area (Å²) in [6.07, 6.45) is 1.21. The van der Waals surface area contributed by atoms with Crippen LogP contribution in [-0.2, 0) is 9.59 Å². The van der Waals surface area contributed by atoms with Gasteiger partial charge in [-0.3, -0.25) is 14.5 Å². The van der Waals surface area contributed by atoms with Crippen LogP contribution < -0.4 is 0 Å². The normalized spacial score (nSPS) is 30.3. The Hall–Kier alpha value is -1.63. The topological polar surface area (TPSA) is 64.1 Å². The number of nitrogens with zero attached hydrogens (tertiary/aromatic N) is 3. The van der Waals surface area contributed by atoms with Gasteiger partial charge in [0, 0.05) is 30.7 Å². The molecule has 7 heteroatoms. The quantitative estimate of drug-likeness (QED) is 0.853. The molecule has 2 saturated heterocycles. The SMILES string of the molecule is CN1CCCN(C(=O)[C@@H]2C[C@](C)(C(=O)O)N(C)[C@@H]2c2ccccc2Cl)CC1. The second-order valence-electron chi connectivity index (χ2n) is 7.95. The Morgan fingerprint density at radius 3 is 2.52 bits per heavy atom. The Balaban J connectivity index is 1.96. The first-order valence-corrected chi connectivity index (χ1v) is 9.81. The third-order valence-electron chi connectivity index (χ3n) is 6.23. The average Bonchev–Trinajstić information content (AvgIpc) is 2.77. The number of aliphatic carboxylic acids is 1. The minimum absolute atomic E-state index is 0.0343. The first-order valence-electron chi connectivity index (χ1n) is 9.44. The summed E-state index contributed by atoms with van der Waals surface area (Å²) >= 11 is 6.44. The molecule has 2 aliphatic heterocycles. The van der Waals surface area contributed by atoms with Crippen molar-refractivity contribution < 1.29 is 14.7 Å². The Kier molecular flexibility index (Phi) is 5.79. The van der Waals surface area contributed by atoms with Crippen LogP contribution in [0.15, 0.2) is 24.3 Å². The molecule has 148 valence electrons. The minimum atomic E-state index is -1.10. The van der Waals surface area contributed by atoms with E-state index in [2.05, 4.69) is 11.9 Å². The summed E-state index contributed by atoms with van der Waals surface area (Å²) in [5.74, 6) is -1.31. The largest absolute Gasteiger partial charge is 0.480 e. The molecule has 2 heterocycles. The van der Waals surface area contributed by atoms with Crippen LogP contribution in [0.4, 0.5) is 0 Å². The lowest BCUT2D eigenvalue weighted by molar-refractivity contribution is -0.148. The Bertz CT molecular complexity index is 728. The van der Waals surface area contributed by atoms with Gasteiger partial charge in [0.1, 0.15) is 5.54 Å². The lowest BCUT2D eigenvalue weighted by Gasteiger charge is -2.33. The fraction of sp³-hybridized carbons (Fsp3) is 0.600. The first-order chi connectivity index (χ1) is 12.8. The summed E-state index contributed by atoms with van der Waals surface area (Å²) in [5.41, 5.74) is -0.288. The zero-order valence-corrected chi connectivity index (χ0v) is 16.9. The maximum absolute atomic E-state index is 13.5. The molecule has 0 spiro atoms. The highest BCUT2D eigenvalue weighted by Gasteiger charge is 2.55. The molecule has 1 N–H and O–H groups in total. The van der Waals surface area contributed by atoms with Gasteiger partial charge >= 0.3 is 5.97 Å². The summed E-state index contributed by atoms with van der Waals surface area (Å²) < 4.78 is 0. The summed E-state index contributed by atoms with van der Waals surface area (Å²) in [5, 5.41) is 10.4. The van der Waals surface area contributed by atoms with Gasteiger partial charge in [-0.2, -0.15) is 0 Å². The first kappa shape index (κ1) is 20.1. The predicted octanol–water partition coefficient (Wildman–Crippen LogP) is 2.34. The van der Waals surface area contributed by atoms with Gasteiger partial charge in [0.05, 0.1) is 5.92 Å². The molecule has 0 radical (unpaired) electrons. The molecular weight excluding hydrogens is 366 g/mol. The molecule has 3 rings (SSSR count). The monoisotopic (exact) mass is 393 g/mol. The highest BCUT2D eigenvalue weighted by molar-refractivity contribution is 6.31. The number of hydrogen-bond acceptors (Lipinski definition) is 4. The number of likely N-dealkylation sites (tertiary alicyclic amines) is 1. The van der Waals surface area contributed by atoms with Crippen molar-refractivity contribution in [1.29, 1.82) is 0 Å². The molecule has 0 bridgehead atoms. The van der Waals surface area contributed by atoms with Crippen molar-refractivity contribution >= 4 is 23.5 Å². The van der Waals surface area contributed by atoms with E-state index >= 15 is 0 Å². The number of hydrogen-bond donors (Lipinski definition) is 1. The standard InChI is InChI=1S/C20H28ClN3O3/c1-20(19(26)27)13-15(18(25)24-10-6-9-22(2)11-12-24)17(23(20)3)14-7-4-5-8-16(14)21/h4-5,7-8,15,17H,6,9-13H2,1-3H3,(H,26,27)/t15-,17-,20-/m1/s1. The van der Waals surface area contributed by atoms with Gasteiger partial charge in [-0.1, -0.05) is 29.8 Å². The predicted molar refractivity (Wildman–Crippen MR) is 105 cm³/mol. The van der Waals surface area contributed by atoms with E-state index in [0.717, 1.165) is 25.1 Å². The van der Waals surface area contributed by atoms with Crippen molar-refractivity contribution in [3.8, 4) is 0 Å². The molecule has 6 nitrogen and oxygen atoms in total. The van der Waals surface area contributed by atoms with Crippen LogP contribution in [0.2, 0.25) is 5.02 Å². The zero-order chi connectivity index (χ0) is 19.8. The lowest BCUT2D eigenvalue weighted by Crippen LogP contribution is -2.46. The summed E-state index contributed by atoms with van der Waals surface area (Å²) in [7, 11) is 3.84. The molecule has 1 aromatic carbocycles. The average molecular weight is 394 g/mol. The smallest absolute Gasteiger partial charge is 0.323 e. The summed E-state index contributed by atoms with van der Waals surface area (Å²) in [4.78, 5) is 31.4. The van der Waals surface area contributed by atoms with Crippen molar-refractivity contribution in [1.82, 2.24) is 14.7 Å². The number of carboxylic acids is 1. The number of likely N-dealkylation sites (N-methyl/N-ethyl adjacent to an activating group) is 2. The van der Waals surface area contributed by atoms with Crippen LogP contribution in [0.1, 0.15) is 31.4 Å². The molecule has 27 heavy (non-hydrogen) atoms. The Labute approximate surface area is 165 Å². The van der Waals surface area contributed by atoms with Gasteiger partial charge in [0.2, 0.25) is 5.91 Å². The van der Waals surface area contributed by atoms with Gasteiger partial charge in [0.25, 0.3) is 0 Å². The van der Waals surface area contributed by atoms with Crippen LogP contribution in [0, 0.1) is 5.92 Å². The maximum Gasteiger partial charge on any atom is 0.323 e. The van der Waals surface area contributed by atoms with E-state index in [-0.39, 0.29) is 18.4 Å². The van der Waals surface area contributed by atoms with Crippen LogP contribution >= 0.6 is 11.6 Å². The molecule has 0 aromatic heterocycles. The molecule has 0 unspecified atom stereocenters. The molecule has 0 aliphatic carbocycles. The zero-order valence-electron chi connectivity index (χ0n) is 16.2. The van der Waals surface area contributed by atoms with Gasteiger partial charge in [-0.25, -0.2) is 0 Å². The van der Waals surface area contributed by atoms with Gasteiger partial charge in [-0.05, 0) is 52.0 Å². The van der Waals surface area contributed by atoms with E-state index in [1.807, 2.05) is 28.0 Å². The number of carbonyl (C=O) groups excluding carboxylic acids is 1. The second-order valence-corrected chi connectivity index (χ2v) is 8.36. The fourth-order valence-corrected chi connectivity index (χ4v) is 4.61. The van der Waals surface area contributed by atoms with E-state index in [4.69, 9.17) is 11.6 Å². The second kappa shape index (κ2) is 7.78. The maximum atomic E-state index is 13.5. The van der Waals surface area contributed by atoms with E-state index in [0.29, 0.717) is 18.1 Å². The number of benzene rings is 1. The van der Waals surface area contributed by atoms with Gasteiger partial charge in [-0.15, -0.1) is 0 Å². The molecule has 1 amide bonds. The Morgan fingerprint density at radius 2 is 1.85 bits per heavy atom. The molecule has 2 aliphatic rings. The van der Waals surface area contributed by atoms with Crippen molar-refractivity contribution in [2.24, 2.45) is 5.92 Å². The van der Waals surface area contributed by atoms with Crippen LogP contribution in [0.3, 0.4) is 0 Å². The van der Waals surface area contributed by atoms with E-state index in [1.165, 1.54) is 0 Å². The molecule has 2 fully saturated rings. The van der Waals surface area contributed by atoms with Gasteiger partial charge in [0.15, 0.2) is 0 Å². The van der Waals surface area contributed by atoms with Crippen molar-refractivity contribution in [3.63, 3.8) is 0 Å². The third kappa shape index (κ3) is 3.71. The van der Waals surface area contributed by atoms with Crippen molar-refractivity contribution in [2.75, 3.05) is 40.3 Å². The lowest BCUT2D eigenvalue weighted by atomic mass is 9.89. The number of halogens is 1. The Morgan fingerprint density at radius 1 is 1.15 bits per heavy atom. The van der Waals surface area contributed by atoms with E-state index < -0.39 is 17.4 Å². The highest BCUT2D eigenvalue weighted by Crippen LogP contribution is 2.48. The van der Waals surface area contributed by atoms with E-state index in [1.54, 1.807) is 20.0 Å². The molecule has 0 saturated carbocycles. The third-order valence-corrected chi connectivity index (χ3v) is 6.57. The van der Waals surface area contributed by atoms with Crippen LogP contribution in [0.25, 0.3) is 0 Å². The van der Waals surface area contributed by atoms with Crippen LogP contribution in [-0.4, -0.2) is 77.5 Å². The molecule has 3 atom stereocenters. The summed E-state index contributed by atoms with van der Waals surface area (Å²) in [6.45, 7) is 4.88.